The summed E-state index contributed by atoms with van der Waals surface area (Å²) in [6.45, 7) is 4.08. The highest BCUT2D eigenvalue weighted by Gasteiger charge is 2.28. The van der Waals surface area contributed by atoms with Gasteiger partial charge in [-0.15, -0.1) is 0 Å². The van der Waals surface area contributed by atoms with E-state index in [1.807, 2.05) is 0 Å². The number of aliphatic hydroxyl groups excluding tert-OH is 4. The number of carbonyl (C=O) groups excluding carboxylic acids is 1. The molecule has 4 unspecified atom stereocenters. The normalized spacial score (nSPS) is 13.9. The fourth-order valence-electron chi connectivity index (χ4n) is 9.38. The lowest BCUT2D eigenvalue weighted by molar-refractivity contribution is -0.132. The first-order chi connectivity index (χ1) is 33.0. The van der Waals surface area contributed by atoms with Crippen LogP contribution in [0, 0.1) is 0 Å². The highest BCUT2D eigenvalue weighted by molar-refractivity contribution is 5.80. The van der Waals surface area contributed by atoms with Crippen LogP contribution in [0.25, 0.3) is 0 Å². The molecule has 396 valence electrons. The number of hydrogen-bond donors (Lipinski definition) is 5. The van der Waals surface area contributed by atoms with Crippen LogP contribution < -0.4 is 5.32 Å². The van der Waals surface area contributed by atoms with Crippen molar-refractivity contribution in [3.8, 4) is 0 Å². The first-order valence-corrected chi connectivity index (χ1v) is 29.9. The van der Waals surface area contributed by atoms with Crippen molar-refractivity contribution in [2.24, 2.45) is 0 Å². The van der Waals surface area contributed by atoms with E-state index in [0.29, 0.717) is 19.3 Å². The molecule has 0 saturated heterocycles. The molecule has 4 atom stereocenters. The van der Waals surface area contributed by atoms with Crippen molar-refractivity contribution in [1.82, 2.24) is 5.32 Å². The first kappa shape index (κ1) is 65.5. The molecule has 6 heteroatoms. The minimum Gasteiger partial charge on any atom is -0.394 e. The number of allylic oxidation sites excluding steroid dienone is 6. The van der Waals surface area contributed by atoms with Crippen LogP contribution in [0.1, 0.15) is 316 Å². The molecule has 0 aliphatic carbocycles. The number of aliphatic hydroxyl groups is 4. The molecule has 1 amide bonds. The van der Waals surface area contributed by atoms with Gasteiger partial charge in [0, 0.05) is 0 Å². The van der Waals surface area contributed by atoms with Crippen LogP contribution in [0.2, 0.25) is 0 Å². The van der Waals surface area contributed by atoms with E-state index >= 15 is 0 Å². The van der Waals surface area contributed by atoms with Gasteiger partial charge in [0.1, 0.15) is 12.2 Å². The first-order valence-electron chi connectivity index (χ1n) is 29.9. The van der Waals surface area contributed by atoms with E-state index in [9.17, 15) is 25.2 Å². The Bertz CT molecular complexity index is 1060. The molecule has 0 heterocycles. The van der Waals surface area contributed by atoms with Gasteiger partial charge >= 0.3 is 0 Å². The van der Waals surface area contributed by atoms with Crippen molar-refractivity contribution in [2.75, 3.05) is 6.61 Å². The Morgan fingerprint density at radius 1 is 0.358 bits per heavy atom. The maximum absolute atomic E-state index is 12.6. The third kappa shape index (κ3) is 49.3. The summed E-state index contributed by atoms with van der Waals surface area (Å²) in [6, 6.07) is -1.01. The molecule has 0 aromatic rings. The number of hydrogen-bond acceptors (Lipinski definition) is 5. The van der Waals surface area contributed by atoms with Crippen molar-refractivity contribution in [2.45, 2.75) is 340 Å². The van der Waals surface area contributed by atoms with Crippen molar-refractivity contribution < 1.29 is 25.2 Å². The van der Waals surface area contributed by atoms with Crippen LogP contribution in [-0.2, 0) is 4.79 Å². The fourth-order valence-corrected chi connectivity index (χ4v) is 9.38. The molecule has 0 rings (SSSR count). The molecule has 0 bridgehead atoms. The summed E-state index contributed by atoms with van der Waals surface area (Å²) in [4.78, 5) is 12.6. The molecule has 6 nitrogen and oxygen atoms in total. The van der Waals surface area contributed by atoms with Gasteiger partial charge in [0.15, 0.2) is 0 Å². The van der Waals surface area contributed by atoms with E-state index in [-0.39, 0.29) is 0 Å². The maximum Gasteiger partial charge on any atom is 0.249 e. The summed E-state index contributed by atoms with van der Waals surface area (Å²) in [6.07, 6.45) is 69.4. The molecule has 0 aliphatic rings. The van der Waals surface area contributed by atoms with Gasteiger partial charge in [-0.3, -0.25) is 4.79 Å². The van der Waals surface area contributed by atoms with E-state index in [0.717, 1.165) is 51.4 Å². The average molecular weight is 945 g/mol. The Labute approximate surface area is 417 Å². The predicted molar refractivity (Wildman–Crippen MR) is 293 cm³/mol. The molecule has 0 aliphatic heterocycles. The largest absolute Gasteiger partial charge is 0.394 e. The fraction of sp³-hybridized carbons (Fsp3) is 0.885. The quantitative estimate of drug-likeness (QED) is 0.0308. The minimum atomic E-state index is -1.29. The van der Waals surface area contributed by atoms with Crippen LogP contribution in [0.4, 0.5) is 0 Å². The molecule has 0 saturated carbocycles. The van der Waals surface area contributed by atoms with E-state index in [1.54, 1.807) is 0 Å². The highest BCUT2D eigenvalue weighted by Crippen LogP contribution is 2.18. The van der Waals surface area contributed by atoms with E-state index in [2.05, 4.69) is 55.6 Å². The number of rotatable bonds is 55. The van der Waals surface area contributed by atoms with Gasteiger partial charge in [-0.25, -0.2) is 0 Å². The lowest BCUT2D eigenvalue weighted by Gasteiger charge is -2.27. The van der Waals surface area contributed by atoms with Crippen molar-refractivity contribution in [3.63, 3.8) is 0 Å². The van der Waals surface area contributed by atoms with Crippen molar-refractivity contribution in [3.05, 3.63) is 36.5 Å². The SMILES string of the molecule is CCCCCCCCCCCCCCCCCC/C=C/CC/C=C/CC/C=C/CCCC(O)C(O)C(CO)NC(=O)C(O)CCCCCCCCCCCCCCCCCCCCCCCC. The molecule has 0 spiro atoms. The number of amides is 1. The Balaban J connectivity index is 3.67. The van der Waals surface area contributed by atoms with E-state index in [1.165, 1.54) is 231 Å². The highest BCUT2D eigenvalue weighted by atomic mass is 16.3. The third-order valence-electron chi connectivity index (χ3n) is 14.1. The smallest absolute Gasteiger partial charge is 0.249 e. The van der Waals surface area contributed by atoms with Crippen molar-refractivity contribution >= 4 is 5.91 Å². The predicted octanol–water partition coefficient (Wildman–Crippen LogP) is 17.6. The second-order valence-electron chi connectivity index (χ2n) is 20.7. The summed E-state index contributed by atoms with van der Waals surface area (Å²) in [5, 5.41) is 44.0. The summed E-state index contributed by atoms with van der Waals surface area (Å²) in [5.74, 6) is -0.594. The van der Waals surface area contributed by atoms with Crippen LogP contribution >= 0.6 is 0 Å². The van der Waals surface area contributed by atoms with Crippen LogP contribution in [0.5, 0.6) is 0 Å². The second-order valence-corrected chi connectivity index (χ2v) is 20.7. The Morgan fingerprint density at radius 3 is 0.940 bits per heavy atom. The lowest BCUT2D eigenvalue weighted by Crippen LogP contribution is -2.53. The molecule has 0 aromatic carbocycles. The van der Waals surface area contributed by atoms with Crippen LogP contribution in [0.15, 0.2) is 36.5 Å². The summed E-state index contributed by atoms with van der Waals surface area (Å²) < 4.78 is 0. The molecular weight excluding hydrogens is 827 g/mol. The minimum absolute atomic E-state index is 0.362. The molecular formula is C61H117NO5. The third-order valence-corrected chi connectivity index (χ3v) is 14.1. The zero-order valence-electron chi connectivity index (χ0n) is 44.9. The Morgan fingerprint density at radius 2 is 0.627 bits per heavy atom. The van der Waals surface area contributed by atoms with Gasteiger partial charge in [-0.2, -0.15) is 0 Å². The molecule has 0 aromatic heterocycles. The molecule has 67 heavy (non-hydrogen) atoms. The number of nitrogens with one attached hydrogen (secondary N) is 1. The van der Waals surface area contributed by atoms with Crippen molar-refractivity contribution in [1.29, 1.82) is 0 Å². The molecule has 0 fully saturated rings. The van der Waals surface area contributed by atoms with Gasteiger partial charge in [0.2, 0.25) is 5.91 Å². The summed E-state index contributed by atoms with van der Waals surface area (Å²) >= 11 is 0. The monoisotopic (exact) mass is 944 g/mol. The van der Waals surface area contributed by atoms with Crippen LogP contribution in [0.3, 0.4) is 0 Å². The lowest BCUT2D eigenvalue weighted by atomic mass is 10.00. The summed E-state index contributed by atoms with van der Waals surface area (Å²) in [7, 11) is 0. The van der Waals surface area contributed by atoms with Gasteiger partial charge in [0.25, 0.3) is 0 Å². The van der Waals surface area contributed by atoms with Gasteiger partial charge in [-0.1, -0.05) is 288 Å². The maximum atomic E-state index is 12.6. The second kappa shape index (κ2) is 55.5. The average Bonchev–Trinajstić information content (AvgIpc) is 3.33. The van der Waals surface area contributed by atoms with Gasteiger partial charge in [-0.05, 0) is 64.2 Å². The van der Waals surface area contributed by atoms with Gasteiger partial charge < -0.3 is 25.7 Å². The number of carbonyl (C=O) groups is 1. The number of unbranched alkanes of at least 4 members (excludes halogenated alkanes) is 40. The topological polar surface area (TPSA) is 110 Å². The van der Waals surface area contributed by atoms with E-state index in [4.69, 9.17) is 0 Å². The Hall–Kier alpha value is -1.47. The van der Waals surface area contributed by atoms with Gasteiger partial charge in [0.05, 0.1) is 18.8 Å². The van der Waals surface area contributed by atoms with Crippen LogP contribution in [-0.4, -0.2) is 57.3 Å². The Kier molecular flexibility index (Phi) is 54.2. The zero-order chi connectivity index (χ0) is 48.8. The standard InChI is InChI=1S/C61H117NO5/c1-3-5-7-9-11-13-15-17-19-21-23-25-27-28-29-30-31-32-33-35-36-38-40-42-44-46-48-50-52-54-58(64)60(66)57(56-63)62-61(67)59(65)55-53-51-49-47-45-43-41-39-37-34-26-24-22-20-18-16-14-12-10-8-6-4-2/h32-33,38,40,46,48,57-60,63-66H,3-31,34-37,39,41-45,47,49-56H2,1-2H3,(H,62,67)/b33-32+,40-38+,48-46+. The summed E-state index contributed by atoms with van der Waals surface area (Å²) in [5.41, 5.74) is 0. The molecule has 5 N–H and O–H groups in total. The zero-order valence-corrected chi connectivity index (χ0v) is 44.9. The molecule has 0 radical (unpaired) electrons. The van der Waals surface area contributed by atoms with E-state index < -0.39 is 36.9 Å².